The molecular weight excluding hydrogens is 395 g/mol. The van der Waals surface area contributed by atoms with Crippen LogP contribution in [0.25, 0.3) is 16.4 Å². The van der Waals surface area contributed by atoms with Crippen molar-refractivity contribution in [2.75, 3.05) is 6.61 Å². The van der Waals surface area contributed by atoms with E-state index in [4.69, 9.17) is 4.74 Å². The largest absolute Gasteiger partial charge is 0.465 e. The normalized spacial score (nSPS) is 12.2. The molecule has 0 aliphatic rings. The molecule has 0 radical (unpaired) electrons. The first-order valence-electron chi connectivity index (χ1n) is 10.5. The van der Waals surface area contributed by atoms with E-state index in [9.17, 15) is 9.18 Å². The number of carbonyl (C=O) groups is 1. The molecule has 1 amide bonds. The van der Waals surface area contributed by atoms with Gasteiger partial charge in [-0.3, -0.25) is 9.20 Å². The summed E-state index contributed by atoms with van der Waals surface area (Å²) in [6, 6.07) is 16.6. The van der Waals surface area contributed by atoms with Gasteiger partial charge in [-0.1, -0.05) is 37.3 Å². The van der Waals surface area contributed by atoms with Crippen molar-refractivity contribution in [3.63, 3.8) is 0 Å². The van der Waals surface area contributed by atoms with Crippen molar-refractivity contribution in [3.8, 4) is 5.88 Å². The first-order valence-corrected chi connectivity index (χ1v) is 10.5. The SMILES string of the molecule is CCc1nnc(OCC(=O)NC(C)CCc2ccccc2)c2cc3cc(F)ccc3n12. The zero-order valence-electron chi connectivity index (χ0n) is 17.6. The standard InChI is InChI=1S/C24H25FN4O2/c1-3-22-27-28-24(21-14-18-13-19(25)11-12-20(18)29(21)22)31-15-23(30)26-16(2)9-10-17-7-5-4-6-8-17/h4-8,11-14,16H,3,9-10,15H2,1-2H3,(H,26,30). The van der Waals surface area contributed by atoms with Crippen LogP contribution in [0.1, 0.15) is 31.7 Å². The van der Waals surface area contributed by atoms with E-state index in [-0.39, 0.29) is 30.3 Å². The molecule has 0 bridgehead atoms. The minimum atomic E-state index is -0.311. The molecule has 1 N–H and O–H groups in total. The van der Waals surface area contributed by atoms with E-state index in [0.29, 0.717) is 11.9 Å². The van der Waals surface area contributed by atoms with Gasteiger partial charge >= 0.3 is 0 Å². The van der Waals surface area contributed by atoms with Crippen LogP contribution in [0.5, 0.6) is 5.88 Å². The number of carbonyl (C=O) groups excluding carboxylic acids is 1. The zero-order valence-corrected chi connectivity index (χ0v) is 17.6. The molecule has 0 fully saturated rings. The minimum Gasteiger partial charge on any atom is -0.465 e. The third-order valence-electron chi connectivity index (χ3n) is 5.27. The minimum absolute atomic E-state index is 0.0174. The number of rotatable bonds is 8. The summed E-state index contributed by atoms with van der Waals surface area (Å²) < 4.78 is 21.3. The molecule has 1 atom stereocenters. The number of nitrogens with zero attached hydrogens (tertiary/aromatic N) is 3. The molecular formula is C24H25FN4O2. The van der Waals surface area contributed by atoms with Crippen LogP contribution in [0, 0.1) is 5.82 Å². The topological polar surface area (TPSA) is 68.5 Å². The van der Waals surface area contributed by atoms with Crippen molar-refractivity contribution in [1.29, 1.82) is 0 Å². The van der Waals surface area contributed by atoms with Gasteiger partial charge in [-0.2, -0.15) is 0 Å². The van der Waals surface area contributed by atoms with E-state index < -0.39 is 0 Å². The predicted molar refractivity (Wildman–Crippen MR) is 118 cm³/mol. The van der Waals surface area contributed by atoms with Gasteiger partial charge < -0.3 is 10.1 Å². The van der Waals surface area contributed by atoms with Gasteiger partial charge in [0.1, 0.15) is 17.2 Å². The van der Waals surface area contributed by atoms with E-state index in [1.807, 2.05) is 42.5 Å². The van der Waals surface area contributed by atoms with Crippen LogP contribution >= 0.6 is 0 Å². The first kappa shape index (κ1) is 20.8. The summed E-state index contributed by atoms with van der Waals surface area (Å²) in [6.45, 7) is 3.79. The Morgan fingerprint density at radius 1 is 1.13 bits per heavy atom. The molecule has 31 heavy (non-hydrogen) atoms. The highest BCUT2D eigenvalue weighted by Crippen LogP contribution is 2.27. The zero-order chi connectivity index (χ0) is 21.8. The Hall–Kier alpha value is -3.48. The summed E-state index contributed by atoms with van der Waals surface area (Å²) in [5, 5.41) is 12.1. The number of nitrogens with one attached hydrogen (secondary N) is 1. The van der Waals surface area contributed by atoms with E-state index >= 15 is 0 Å². The quantitative estimate of drug-likeness (QED) is 0.466. The van der Waals surface area contributed by atoms with Crippen LogP contribution in [0.4, 0.5) is 4.39 Å². The van der Waals surface area contributed by atoms with Gasteiger partial charge in [0.2, 0.25) is 0 Å². The third kappa shape index (κ3) is 4.66. The maximum absolute atomic E-state index is 13.7. The second-order valence-corrected chi connectivity index (χ2v) is 7.62. The van der Waals surface area contributed by atoms with Crippen LogP contribution < -0.4 is 10.1 Å². The number of fused-ring (bicyclic) bond motifs is 3. The number of ether oxygens (including phenoxy) is 1. The molecule has 6 nitrogen and oxygen atoms in total. The van der Waals surface area contributed by atoms with E-state index in [2.05, 4.69) is 27.6 Å². The summed E-state index contributed by atoms with van der Waals surface area (Å²) in [7, 11) is 0. The molecule has 0 spiro atoms. The monoisotopic (exact) mass is 420 g/mol. The molecule has 1 unspecified atom stereocenters. The highest BCUT2D eigenvalue weighted by Gasteiger charge is 2.16. The van der Waals surface area contributed by atoms with Crippen LogP contribution in [-0.4, -0.2) is 33.2 Å². The molecule has 2 aromatic heterocycles. The summed E-state index contributed by atoms with van der Waals surface area (Å²) in [6.07, 6.45) is 2.38. The smallest absolute Gasteiger partial charge is 0.258 e. The average molecular weight is 420 g/mol. The lowest BCUT2D eigenvalue weighted by atomic mass is 10.1. The number of aromatic nitrogens is 3. The third-order valence-corrected chi connectivity index (χ3v) is 5.27. The number of benzene rings is 2. The highest BCUT2D eigenvalue weighted by molar-refractivity contribution is 5.89. The second-order valence-electron chi connectivity index (χ2n) is 7.62. The number of halogens is 1. The molecule has 2 heterocycles. The Balaban J connectivity index is 1.43. The maximum Gasteiger partial charge on any atom is 0.258 e. The second kappa shape index (κ2) is 9.12. The van der Waals surface area contributed by atoms with Gasteiger partial charge in [0, 0.05) is 17.8 Å². The van der Waals surface area contributed by atoms with Gasteiger partial charge in [-0.15, -0.1) is 10.2 Å². The molecule has 0 aliphatic heterocycles. The van der Waals surface area contributed by atoms with Gasteiger partial charge in [-0.25, -0.2) is 4.39 Å². The van der Waals surface area contributed by atoms with E-state index in [1.165, 1.54) is 17.7 Å². The van der Waals surface area contributed by atoms with Crippen LogP contribution in [0.15, 0.2) is 54.6 Å². The average Bonchev–Trinajstić information content (AvgIpc) is 3.15. The Bertz CT molecular complexity index is 1210. The van der Waals surface area contributed by atoms with Crippen molar-refractivity contribution < 1.29 is 13.9 Å². The fourth-order valence-corrected chi connectivity index (χ4v) is 3.70. The summed E-state index contributed by atoms with van der Waals surface area (Å²) >= 11 is 0. The van der Waals surface area contributed by atoms with E-state index in [1.54, 1.807) is 6.07 Å². The molecule has 0 aliphatic carbocycles. The Morgan fingerprint density at radius 3 is 2.71 bits per heavy atom. The lowest BCUT2D eigenvalue weighted by Gasteiger charge is -2.14. The van der Waals surface area contributed by atoms with Gasteiger partial charge in [0.15, 0.2) is 6.61 Å². The van der Waals surface area contributed by atoms with Crippen molar-refractivity contribution in [1.82, 2.24) is 19.9 Å². The van der Waals surface area contributed by atoms with Crippen molar-refractivity contribution in [2.24, 2.45) is 0 Å². The van der Waals surface area contributed by atoms with Crippen molar-refractivity contribution in [2.45, 2.75) is 39.2 Å². The Morgan fingerprint density at radius 2 is 1.94 bits per heavy atom. The fourth-order valence-electron chi connectivity index (χ4n) is 3.70. The van der Waals surface area contributed by atoms with E-state index in [0.717, 1.165) is 29.6 Å². The first-order chi connectivity index (χ1) is 15.0. The molecule has 0 saturated heterocycles. The molecule has 160 valence electrons. The summed E-state index contributed by atoms with van der Waals surface area (Å²) in [5.74, 6) is 0.458. The number of hydrogen-bond donors (Lipinski definition) is 1. The van der Waals surface area contributed by atoms with Gasteiger partial charge in [0.05, 0.1) is 5.52 Å². The van der Waals surface area contributed by atoms with Crippen LogP contribution in [0.2, 0.25) is 0 Å². The lowest BCUT2D eigenvalue weighted by Crippen LogP contribution is -2.36. The molecule has 4 aromatic rings. The fraction of sp³-hybridized carbons (Fsp3) is 0.292. The van der Waals surface area contributed by atoms with Crippen molar-refractivity contribution in [3.05, 3.63) is 71.8 Å². The number of amides is 1. The molecule has 7 heteroatoms. The predicted octanol–water partition coefficient (Wildman–Crippen LogP) is 4.10. The molecule has 4 rings (SSSR count). The maximum atomic E-state index is 13.7. The lowest BCUT2D eigenvalue weighted by molar-refractivity contribution is -0.123. The summed E-state index contributed by atoms with van der Waals surface area (Å²) in [4.78, 5) is 12.4. The number of hydrogen-bond acceptors (Lipinski definition) is 4. The number of aryl methyl sites for hydroxylation is 2. The molecule has 0 saturated carbocycles. The Kier molecular flexibility index (Phi) is 6.11. The van der Waals surface area contributed by atoms with Gasteiger partial charge in [0.25, 0.3) is 11.8 Å². The molecule has 2 aromatic carbocycles. The Labute approximate surface area is 180 Å². The van der Waals surface area contributed by atoms with Crippen LogP contribution in [0.3, 0.4) is 0 Å². The summed E-state index contributed by atoms with van der Waals surface area (Å²) in [5.41, 5.74) is 2.73. The highest BCUT2D eigenvalue weighted by atomic mass is 19.1. The van der Waals surface area contributed by atoms with Crippen molar-refractivity contribution >= 4 is 22.3 Å². The van der Waals surface area contributed by atoms with Gasteiger partial charge in [-0.05, 0) is 49.6 Å². The van der Waals surface area contributed by atoms with Crippen LogP contribution in [-0.2, 0) is 17.6 Å².